The van der Waals surface area contributed by atoms with Gasteiger partial charge < -0.3 is 5.73 Å². The number of benzene rings is 1. The van der Waals surface area contributed by atoms with Crippen molar-refractivity contribution in [3.63, 3.8) is 0 Å². The molecule has 1 unspecified atom stereocenters. The van der Waals surface area contributed by atoms with Gasteiger partial charge in [-0.15, -0.1) is 0 Å². The van der Waals surface area contributed by atoms with E-state index in [0.717, 1.165) is 6.42 Å². The molecule has 3 N–H and O–H groups in total. The minimum atomic E-state index is -3.63. The predicted molar refractivity (Wildman–Crippen MR) is 81.7 cm³/mol. The molecule has 0 bridgehead atoms. The molecule has 0 radical (unpaired) electrons. The lowest BCUT2D eigenvalue weighted by molar-refractivity contribution is 0.552. The molecule has 2 aromatic rings. The lowest BCUT2D eigenvalue weighted by atomic mass is 9.78. The molecule has 0 amide bonds. The summed E-state index contributed by atoms with van der Waals surface area (Å²) in [7, 11) is -3.63. The van der Waals surface area contributed by atoms with Crippen molar-refractivity contribution in [1.29, 1.82) is 0 Å². The largest absolute Gasteiger partial charge is 0.382 e. The normalized spacial score (nSPS) is 17.1. The van der Waals surface area contributed by atoms with E-state index in [-0.39, 0.29) is 21.7 Å². The van der Waals surface area contributed by atoms with Crippen LogP contribution in [0.5, 0.6) is 0 Å². The van der Waals surface area contributed by atoms with Crippen molar-refractivity contribution in [1.82, 2.24) is 9.71 Å². The van der Waals surface area contributed by atoms with Crippen molar-refractivity contribution < 1.29 is 8.42 Å². The molecule has 5 nitrogen and oxygen atoms in total. The van der Waals surface area contributed by atoms with Gasteiger partial charge in [-0.05, 0) is 23.6 Å². The number of sulfonamides is 1. The first-order valence-corrected chi connectivity index (χ1v) is 8.32. The van der Waals surface area contributed by atoms with Gasteiger partial charge in [0, 0.05) is 18.7 Å². The molecule has 1 atom stereocenters. The topological polar surface area (TPSA) is 85.1 Å². The Morgan fingerprint density at radius 3 is 2.86 bits per heavy atom. The number of rotatable bonds is 4. The highest BCUT2D eigenvalue weighted by Crippen LogP contribution is 2.34. The summed E-state index contributed by atoms with van der Waals surface area (Å²) in [5.41, 5.74) is 7.96. The minimum Gasteiger partial charge on any atom is -0.382 e. The van der Waals surface area contributed by atoms with Gasteiger partial charge in [0.25, 0.3) is 0 Å². The van der Waals surface area contributed by atoms with E-state index in [4.69, 9.17) is 17.3 Å². The van der Waals surface area contributed by atoms with Crippen LogP contribution in [0.15, 0.2) is 41.4 Å². The van der Waals surface area contributed by atoms with Crippen molar-refractivity contribution in [2.45, 2.75) is 17.2 Å². The van der Waals surface area contributed by atoms with Crippen LogP contribution in [-0.4, -0.2) is 19.9 Å². The monoisotopic (exact) mass is 323 g/mol. The van der Waals surface area contributed by atoms with E-state index in [1.54, 1.807) is 0 Å². The van der Waals surface area contributed by atoms with E-state index >= 15 is 0 Å². The van der Waals surface area contributed by atoms with Crippen molar-refractivity contribution in [3.05, 3.63) is 52.7 Å². The van der Waals surface area contributed by atoms with Crippen LogP contribution in [0.2, 0.25) is 5.02 Å². The molecule has 21 heavy (non-hydrogen) atoms. The molecule has 7 heteroatoms. The van der Waals surface area contributed by atoms with Crippen molar-refractivity contribution in [2.24, 2.45) is 0 Å². The molecule has 1 heterocycles. The van der Waals surface area contributed by atoms with E-state index in [0.29, 0.717) is 6.54 Å². The second kappa shape index (κ2) is 5.29. The van der Waals surface area contributed by atoms with Crippen LogP contribution in [0, 0.1) is 0 Å². The van der Waals surface area contributed by atoms with Crippen LogP contribution in [0.3, 0.4) is 0 Å². The zero-order chi connectivity index (χ0) is 15.0. The Balaban J connectivity index is 1.72. The summed E-state index contributed by atoms with van der Waals surface area (Å²) in [6, 6.07) is 9.34. The number of aromatic nitrogens is 1. The van der Waals surface area contributed by atoms with Gasteiger partial charge in [-0.1, -0.05) is 35.9 Å². The molecular formula is C14H14ClN3O2S. The number of nitrogens with one attached hydrogen (secondary N) is 1. The summed E-state index contributed by atoms with van der Waals surface area (Å²) < 4.78 is 27.0. The number of nitrogens with two attached hydrogens (primary N) is 1. The van der Waals surface area contributed by atoms with Gasteiger partial charge in [0.05, 0.1) is 5.02 Å². The number of halogens is 1. The van der Waals surface area contributed by atoms with Crippen LogP contribution in [0.25, 0.3) is 0 Å². The quantitative estimate of drug-likeness (QED) is 0.900. The van der Waals surface area contributed by atoms with Crippen LogP contribution in [0.4, 0.5) is 5.82 Å². The predicted octanol–water partition coefficient (Wildman–Crippen LogP) is 1.94. The Hall–Kier alpha value is -1.63. The van der Waals surface area contributed by atoms with Crippen LogP contribution < -0.4 is 10.5 Å². The zero-order valence-electron chi connectivity index (χ0n) is 11.1. The molecule has 1 aliphatic rings. The summed E-state index contributed by atoms with van der Waals surface area (Å²) in [6.07, 6.45) is 2.09. The highest BCUT2D eigenvalue weighted by Gasteiger charge is 2.27. The van der Waals surface area contributed by atoms with Gasteiger partial charge in [0.1, 0.15) is 10.7 Å². The second-order valence-electron chi connectivity index (χ2n) is 4.99. The highest BCUT2D eigenvalue weighted by atomic mass is 35.5. The van der Waals surface area contributed by atoms with Crippen LogP contribution in [0.1, 0.15) is 17.0 Å². The molecule has 0 spiro atoms. The van der Waals surface area contributed by atoms with Crippen molar-refractivity contribution in [2.75, 3.05) is 12.3 Å². The lowest BCUT2D eigenvalue weighted by Crippen LogP contribution is -2.33. The maximum Gasteiger partial charge on any atom is 0.242 e. The fourth-order valence-corrected chi connectivity index (χ4v) is 3.70. The zero-order valence-corrected chi connectivity index (χ0v) is 12.7. The number of hydrogen-bond donors (Lipinski definition) is 2. The molecule has 0 saturated heterocycles. The number of fused-ring (bicyclic) bond motifs is 1. The SMILES string of the molecule is Nc1ncc(S(=O)(=O)NCC2Cc3ccccc32)cc1Cl. The van der Waals surface area contributed by atoms with Crippen LogP contribution >= 0.6 is 11.6 Å². The standard InChI is InChI=1S/C14H14ClN3O2S/c15-13-6-11(8-17-14(13)16)21(19,20)18-7-10-5-9-3-1-2-4-12(9)10/h1-4,6,8,10,18H,5,7H2,(H2,16,17). The average molecular weight is 324 g/mol. The maximum atomic E-state index is 12.2. The molecule has 0 fully saturated rings. The summed E-state index contributed by atoms with van der Waals surface area (Å²) in [5, 5.41) is 0.131. The first kappa shape index (κ1) is 14.3. The van der Waals surface area contributed by atoms with Gasteiger partial charge in [-0.2, -0.15) is 0 Å². The number of nitrogens with zero attached hydrogens (tertiary/aromatic N) is 1. The Labute approximate surface area is 128 Å². The number of anilines is 1. The first-order chi connectivity index (χ1) is 9.97. The average Bonchev–Trinajstić information content (AvgIpc) is 2.42. The fraction of sp³-hybridized carbons (Fsp3) is 0.214. The van der Waals surface area contributed by atoms with Crippen molar-refractivity contribution in [3.8, 4) is 0 Å². The minimum absolute atomic E-state index is 0.0225. The number of nitrogen functional groups attached to an aromatic ring is 1. The number of hydrogen-bond acceptors (Lipinski definition) is 4. The Bertz CT molecular complexity index is 793. The second-order valence-corrected chi connectivity index (χ2v) is 7.16. The summed E-state index contributed by atoms with van der Waals surface area (Å²) in [4.78, 5) is 3.79. The number of pyridine rings is 1. The van der Waals surface area contributed by atoms with Crippen molar-refractivity contribution >= 4 is 27.4 Å². The summed E-state index contributed by atoms with van der Waals surface area (Å²) >= 11 is 5.81. The maximum absolute atomic E-state index is 12.2. The summed E-state index contributed by atoms with van der Waals surface area (Å²) in [5.74, 6) is 0.330. The molecule has 1 aromatic carbocycles. The smallest absolute Gasteiger partial charge is 0.242 e. The molecule has 1 aliphatic carbocycles. The molecule has 0 aliphatic heterocycles. The lowest BCUT2D eigenvalue weighted by Gasteiger charge is -2.30. The summed E-state index contributed by atoms with van der Waals surface area (Å²) in [6.45, 7) is 0.362. The molecule has 0 saturated carbocycles. The van der Waals surface area contributed by atoms with Gasteiger partial charge >= 0.3 is 0 Å². The van der Waals surface area contributed by atoms with Crippen LogP contribution in [-0.2, 0) is 16.4 Å². The third-order valence-corrected chi connectivity index (χ3v) is 5.33. The van der Waals surface area contributed by atoms with E-state index in [2.05, 4.69) is 15.8 Å². The Kier molecular flexibility index (Phi) is 3.61. The molecule has 110 valence electrons. The van der Waals surface area contributed by atoms with E-state index < -0.39 is 10.0 Å². The van der Waals surface area contributed by atoms with Gasteiger partial charge in [0.15, 0.2) is 0 Å². The Morgan fingerprint density at radius 2 is 2.14 bits per heavy atom. The van der Waals surface area contributed by atoms with E-state index in [9.17, 15) is 8.42 Å². The molecular weight excluding hydrogens is 310 g/mol. The highest BCUT2D eigenvalue weighted by molar-refractivity contribution is 7.89. The fourth-order valence-electron chi connectivity index (χ4n) is 2.42. The Morgan fingerprint density at radius 1 is 1.38 bits per heavy atom. The third kappa shape index (κ3) is 2.74. The van der Waals surface area contributed by atoms with Gasteiger partial charge in [-0.3, -0.25) is 0 Å². The van der Waals surface area contributed by atoms with E-state index in [1.807, 2.05) is 18.2 Å². The van der Waals surface area contributed by atoms with Gasteiger partial charge in [0.2, 0.25) is 10.0 Å². The third-order valence-electron chi connectivity index (χ3n) is 3.64. The molecule has 3 rings (SSSR count). The van der Waals surface area contributed by atoms with E-state index in [1.165, 1.54) is 23.4 Å². The molecule has 1 aromatic heterocycles. The van der Waals surface area contributed by atoms with Gasteiger partial charge in [-0.25, -0.2) is 18.1 Å². The first-order valence-electron chi connectivity index (χ1n) is 6.46.